The fourth-order valence-corrected chi connectivity index (χ4v) is 2.54. The SMILES string of the molecule is CC(=O)C(=NNc1ccc(OC(F)(F)F)cc1)C(C)=O.CC(=O)C(N=Nc1ccc(OC(F)(F)F)cc1)C(C)=O. The number of alkyl halides is 6. The van der Waals surface area contributed by atoms with E-state index >= 15 is 0 Å². The molecule has 0 heterocycles. The summed E-state index contributed by atoms with van der Waals surface area (Å²) in [4.78, 5) is 44.4. The Morgan fingerprint density at radius 1 is 0.700 bits per heavy atom. The van der Waals surface area contributed by atoms with E-state index < -0.39 is 47.6 Å². The van der Waals surface area contributed by atoms with Gasteiger partial charge in [0.15, 0.2) is 34.9 Å². The van der Waals surface area contributed by atoms with Crippen molar-refractivity contribution in [2.24, 2.45) is 15.3 Å². The van der Waals surface area contributed by atoms with Crippen LogP contribution < -0.4 is 14.9 Å². The first-order valence-electron chi connectivity index (χ1n) is 10.9. The molecule has 0 atom stereocenters. The summed E-state index contributed by atoms with van der Waals surface area (Å²) in [5, 5.41) is 10.8. The van der Waals surface area contributed by atoms with Gasteiger partial charge in [0.2, 0.25) is 0 Å². The van der Waals surface area contributed by atoms with E-state index in [0.717, 1.165) is 24.3 Å². The summed E-state index contributed by atoms with van der Waals surface area (Å²) >= 11 is 0. The van der Waals surface area contributed by atoms with Gasteiger partial charge in [-0.15, -0.1) is 26.3 Å². The fraction of sp³-hybridized carbons (Fsp3) is 0.292. The summed E-state index contributed by atoms with van der Waals surface area (Å²) < 4.78 is 79.0. The van der Waals surface area contributed by atoms with Crippen LogP contribution in [0.3, 0.4) is 0 Å². The van der Waals surface area contributed by atoms with E-state index in [1.54, 1.807) is 0 Å². The molecule has 2 aromatic rings. The summed E-state index contributed by atoms with van der Waals surface area (Å²) in [5.74, 6) is -2.72. The molecule has 0 spiro atoms. The molecule has 2 aromatic carbocycles. The molecule has 0 saturated heterocycles. The summed E-state index contributed by atoms with van der Waals surface area (Å²) in [6.07, 6.45) is -9.53. The topological polar surface area (TPSA) is 136 Å². The van der Waals surface area contributed by atoms with Crippen LogP contribution >= 0.6 is 0 Å². The summed E-state index contributed by atoms with van der Waals surface area (Å²) in [6.45, 7) is 4.76. The maximum atomic E-state index is 11.9. The molecule has 0 aliphatic rings. The molecule has 0 saturated carbocycles. The molecule has 1 N–H and O–H groups in total. The van der Waals surface area contributed by atoms with Crippen molar-refractivity contribution in [3.05, 3.63) is 48.5 Å². The molecular formula is C24H22F6N4O6. The lowest BCUT2D eigenvalue weighted by Gasteiger charge is -2.09. The Bertz CT molecular complexity index is 1230. The molecule has 0 amide bonds. The predicted octanol–water partition coefficient (Wildman–Crippen LogP) is 5.75. The van der Waals surface area contributed by atoms with Gasteiger partial charge in [-0.1, -0.05) is 0 Å². The number of azo groups is 1. The molecule has 216 valence electrons. The molecule has 0 radical (unpaired) electrons. The van der Waals surface area contributed by atoms with Crippen LogP contribution in [0.5, 0.6) is 11.5 Å². The van der Waals surface area contributed by atoms with Gasteiger partial charge in [0.25, 0.3) is 0 Å². The molecule has 0 aromatic heterocycles. The number of halogens is 6. The Balaban J connectivity index is 0.000000400. The number of hydrazone groups is 1. The van der Waals surface area contributed by atoms with Crippen molar-refractivity contribution < 1.29 is 55.0 Å². The molecule has 10 nitrogen and oxygen atoms in total. The number of benzene rings is 2. The van der Waals surface area contributed by atoms with Gasteiger partial charge in [0.05, 0.1) is 11.4 Å². The normalized spacial score (nSPS) is 11.3. The highest BCUT2D eigenvalue weighted by atomic mass is 19.4. The van der Waals surface area contributed by atoms with E-state index in [-0.39, 0.29) is 17.1 Å². The smallest absolute Gasteiger partial charge is 0.406 e. The van der Waals surface area contributed by atoms with Crippen molar-refractivity contribution in [3.8, 4) is 11.5 Å². The minimum absolute atomic E-state index is 0.201. The van der Waals surface area contributed by atoms with Gasteiger partial charge < -0.3 is 9.47 Å². The first-order valence-corrected chi connectivity index (χ1v) is 10.9. The number of anilines is 1. The average molecular weight is 576 g/mol. The number of Topliss-reactive ketones (excluding diaryl/α,β-unsaturated/α-hetero) is 4. The molecule has 16 heteroatoms. The highest BCUT2D eigenvalue weighted by Crippen LogP contribution is 2.25. The molecule has 0 fully saturated rings. The monoisotopic (exact) mass is 576 g/mol. The van der Waals surface area contributed by atoms with Crippen molar-refractivity contribution in [1.82, 2.24) is 0 Å². The highest BCUT2D eigenvalue weighted by molar-refractivity contribution is 6.65. The molecule has 0 bridgehead atoms. The van der Waals surface area contributed by atoms with Gasteiger partial charge in [0.1, 0.15) is 11.5 Å². The minimum Gasteiger partial charge on any atom is -0.406 e. The standard InChI is InChI=1S/2C12H11F3N2O3/c2*1-7(18)11(8(2)19)17-16-9-3-5-10(6-4-9)20-12(13,14)15/h3-6,16H,1-2H3;3-6,11H,1-2H3. The quantitative estimate of drug-likeness (QED) is 0.125. The van der Waals surface area contributed by atoms with E-state index in [0.29, 0.717) is 5.69 Å². The third-order valence-corrected chi connectivity index (χ3v) is 4.18. The number of ketones is 4. The van der Waals surface area contributed by atoms with E-state index in [1.165, 1.54) is 52.0 Å². The van der Waals surface area contributed by atoms with E-state index in [4.69, 9.17) is 0 Å². The Labute approximate surface area is 223 Å². The average Bonchev–Trinajstić information content (AvgIpc) is 2.79. The lowest BCUT2D eigenvalue weighted by molar-refractivity contribution is -0.275. The third kappa shape index (κ3) is 13.3. The van der Waals surface area contributed by atoms with Crippen molar-refractivity contribution >= 4 is 40.2 Å². The Hall–Kier alpha value is -4.63. The van der Waals surface area contributed by atoms with Crippen LogP contribution in [0.1, 0.15) is 27.7 Å². The number of hydrogen-bond acceptors (Lipinski definition) is 10. The van der Waals surface area contributed by atoms with Crippen LogP contribution in [0.2, 0.25) is 0 Å². The lowest BCUT2D eigenvalue weighted by atomic mass is 10.1. The van der Waals surface area contributed by atoms with Gasteiger partial charge in [-0.3, -0.25) is 24.6 Å². The highest BCUT2D eigenvalue weighted by Gasteiger charge is 2.31. The Morgan fingerprint density at radius 2 is 1.10 bits per heavy atom. The fourth-order valence-electron chi connectivity index (χ4n) is 2.54. The molecular weight excluding hydrogens is 554 g/mol. The van der Waals surface area contributed by atoms with Crippen LogP contribution in [0.4, 0.5) is 37.7 Å². The maximum Gasteiger partial charge on any atom is 0.573 e. The molecule has 0 aliphatic carbocycles. The molecule has 0 unspecified atom stereocenters. The largest absolute Gasteiger partial charge is 0.573 e. The molecule has 2 rings (SSSR count). The summed E-state index contributed by atoms with van der Waals surface area (Å²) in [6, 6.07) is 8.05. The number of ether oxygens (including phenoxy) is 2. The summed E-state index contributed by atoms with van der Waals surface area (Å²) in [7, 11) is 0. The number of nitrogens with zero attached hydrogens (tertiary/aromatic N) is 3. The molecule has 0 aliphatic heterocycles. The van der Waals surface area contributed by atoms with Crippen LogP contribution in [-0.4, -0.2) is 47.6 Å². The van der Waals surface area contributed by atoms with Crippen LogP contribution in [0.15, 0.2) is 63.9 Å². The number of nitrogens with one attached hydrogen (secondary N) is 1. The second kappa shape index (κ2) is 14.5. The maximum absolute atomic E-state index is 11.9. The zero-order chi connectivity index (χ0) is 30.7. The number of carbonyl (C=O) groups is 4. The number of hydrogen-bond donors (Lipinski definition) is 1. The lowest BCUT2D eigenvalue weighted by Crippen LogP contribution is -2.23. The summed E-state index contributed by atoms with van der Waals surface area (Å²) in [5.41, 5.74) is 2.64. The Morgan fingerprint density at radius 3 is 1.45 bits per heavy atom. The van der Waals surface area contributed by atoms with Crippen LogP contribution in [0, 0.1) is 0 Å². The third-order valence-electron chi connectivity index (χ3n) is 4.18. The van der Waals surface area contributed by atoms with E-state index in [2.05, 4.69) is 30.2 Å². The van der Waals surface area contributed by atoms with Crippen molar-refractivity contribution in [1.29, 1.82) is 0 Å². The minimum atomic E-state index is -4.77. The number of carbonyl (C=O) groups excluding carboxylic acids is 4. The van der Waals surface area contributed by atoms with Gasteiger partial charge in [-0.2, -0.15) is 15.3 Å². The van der Waals surface area contributed by atoms with Gasteiger partial charge in [-0.05, 0) is 62.4 Å². The first-order chi connectivity index (χ1) is 18.4. The zero-order valence-electron chi connectivity index (χ0n) is 21.3. The Kier molecular flexibility index (Phi) is 12.1. The molecule has 40 heavy (non-hydrogen) atoms. The van der Waals surface area contributed by atoms with Gasteiger partial charge in [0, 0.05) is 13.8 Å². The van der Waals surface area contributed by atoms with Gasteiger partial charge >= 0.3 is 12.7 Å². The second-order valence-corrected chi connectivity index (χ2v) is 7.64. The van der Waals surface area contributed by atoms with Crippen molar-refractivity contribution in [3.63, 3.8) is 0 Å². The first kappa shape index (κ1) is 33.4. The van der Waals surface area contributed by atoms with Crippen LogP contribution in [-0.2, 0) is 19.2 Å². The zero-order valence-corrected chi connectivity index (χ0v) is 21.3. The predicted molar refractivity (Wildman–Crippen MR) is 128 cm³/mol. The van der Waals surface area contributed by atoms with Crippen LogP contribution in [0.25, 0.3) is 0 Å². The van der Waals surface area contributed by atoms with E-state index in [1.807, 2.05) is 0 Å². The van der Waals surface area contributed by atoms with Crippen molar-refractivity contribution in [2.75, 3.05) is 5.43 Å². The second-order valence-electron chi connectivity index (χ2n) is 7.64. The van der Waals surface area contributed by atoms with Gasteiger partial charge in [-0.25, -0.2) is 0 Å². The van der Waals surface area contributed by atoms with E-state index in [9.17, 15) is 45.5 Å². The number of rotatable bonds is 10. The van der Waals surface area contributed by atoms with Crippen molar-refractivity contribution in [2.45, 2.75) is 46.5 Å².